The summed E-state index contributed by atoms with van der Waals surface area (Å²) in [7, 11) is 0. The summed E-state index contributed by atoms with van der Waals surface area (Å²) in [4.78, 5) is 0. The van der Waals surface area contributed by atoms with Crippen LogP contribution in [-0.4, -0.2) is 16.5 Å². The van der Waals surface area contributed by atoms with Crippen molar-refractivity contribution in [2.24, 2.45) is 11.8 Å². The summed E-state index contributed by atoms with van der Waals surface area (Å²) in [5.41, 5.74) is 6.69. The molecule has 2 rings (SSSR count). The van der Waals surface area contributed by atoms with Crippen LogP contribution in [0.3, 0.4) is 0 Å². The summed E-state index contributed by atoms with van der Waals surface area (Å²) < 4.78 is 0. The minimum atomic E-state index is -0.250. The van der Waals surface area contributed by atoms with Gasteiger partial charge in [0.05, 0.1) is 0 Å². The maximum Gasteiger partial charge on any atom is 4.00 e. The van der Waals surface area contributed by atoms with Gasteiger partial charge >= 0.3 is 21.7 Å². The zero-order valence-electron chi connectivity index (χ0n) is 14.5. The van der Waals surface area contributed by atoms with E-state index in [9.17, 15) is 0 Å². The average molecular weight is 355 g/mol. The molecule has 2 aliphatic rings. The molecule has 2 aliphatic carbocycles. The predicted octanol–water partition coefficient (Wildman–Crippen LogP) is 4.98. The topological polar surface area (TPSA) is 23.8 Å². The first-order valence-corrected chi connectivity index (χ1v) is 6.55. The molecule has 126 valence electrons. The molecule has 2 unspecified atom stereocenters. The Morgan fingerprint density at radius 3 is 1.86 bits per heavy atom. The number of allylic oxidation sites excluding steroid dienone is 6. The second kappa shape index (κ2) is 18.9. The Balaban J connectivity index is -0.0000000664. The summed E-state index contributed by atoms with van der Waals surface area (Å²) in [6.07, 6.45) is 17.3. The SMILES string of the molecule is C1=CC2[CH-]CCC2C=C1.C=CC=C.CC(C)(C)[NH-].[CH3-].[CH3-].[SiH4].[Ti+4]. The Bertz CT molecular complexity index is 273. The van der Waals surface area contributed by atoms with E-state index in [1.165, 1.54) is 12.8 Å². The Morgan fingerprint density at radius 1 is 1.09 bits per heavy atom. The fourth-order valence-electron chi connectivity index (χ4n) is 1.69. The first-order valence-electron chi connectivity index (χ1n) is 6.55. The average Bonchev–Trinajstić information content (AvgIpc) is 2.75. The molecular formula is C19H37NSiTi. The molecule has 0 amide bonds. The third-order valence-electron chi connectivity index (χ3n) is 2.40. The van der Waals surface area contributed by atoms with Crippen LogP contribution in [0.1, 0.15) is 33.6 Å². The van der Waals surface area contributed by atoms with E-state index in [0.29, 0.717) is 0 Å². The van der Waals surface area contributed by atoms with Crippen LogP contribution in [0.25, 0.3) is 5.73 Å². The number of hydrogen-bond acceptors (Lipinski definition) is 0. The van der Waals surface area contributed by atoms with Gasteiger partial charge in [0, 0.05) is 0 Å². The molecule has 0 radical (unpaired) electrons. The molecule has 1 nitrogen and oxygen atoms in total. The van der Waals surface area contributed by atoms with Crippen molar-refractivity contribution in [3.63, 3.8) is 0 Å². The molecule has 3 heteroatoms. The Kier molecular flexibility index (Phi) is 28.7. The molecule has 0 aromatic carbocycles. The molecule has 1 saturated carbocycles. The number of rotatable bonds is 1. The normalized spacial score (nSPS) is 19.6. The molecule has 1 N–H and O–H groups in total. The molecule has 1 fully saturated rings. The summed E-state index contributed by atoms with van der Waals surface area (Å²) in [5, 5.41) is 0. The van der Waals surface area contributed by atoms with Crippen molar-refractivity contribution < 1.29 is 21.7 Å². The van der Waals surface area contributed by atoms with E-state index in [1.54, 1.807) is 12.2 Å². The smallest absolute Gasteiger partial charge is 0.673 e. The third-order valence-corrected chi connectivity index (χ3v) is 2.40. The first kappa shape index (κ1) is 33.5. The zero-order valence-corrected chi connectivity index (χ0v) is 16.1. The minimum absolute atomic E-state index is 0. The van der Waals surface area contributed by atoms with Crippen LogP contribution in [0, 0.1) is 33.1 Å². The van der Waals surface area contributed by atoms with Gasteiger partial charge in [-0.1, -0.05) is 70.7 Å². The van der Waals surface area contributed by atoms with Gasteiger partial charge in [0.15, 0.2) is 0 Å². The van der Waals surface area contributed by atoms with Crippen molar-refractivity contribution in [1.82, 2.24) is 0 Å². The Labute approximate surface area is 160 Å². The number of fused-ring (bicyclic) bond motifs is 1. The Hall–Kier alpha value is -0.149. The Morgan fingerprint density at radius 2 is 1.50 bits per heavy atom. The number of hydrogen-bond donors (Lipinski definition) is 0. The summed E-state index contributed by atoms with van der Waals surface area (Å²) in [5.74, 6) is 1.62. The van der Waals surface area contributed by atoms with Gasteiger partial charge in [-0.15, -0.1) is 17.5 Å². The minimum Gasteiger partial charge on any atom is -0.673 e. The van der Waals surface area contributed by atoms with Crippen molar-refractivity contribution in [3.8, 4) is 0 Å². The van der Waals surface area contributed by atoms with E-state index in [4.69, 9.17) is 5.73 Å². The fraction of sp³-hybridized carbons (Fsp3) is 0.421. The second-order valence-corrected chi connectivity index (χ2v) is 5.55. The first-order chi connectivity index (χ1) is 8.38. The van der Waals surface area contributed by atoms with Gasteiger partial charge in [-0.05, 0) is 16.9 Å². The third kappa shape index (κ3) is 22.1. The monoisotopic (exact) mass is 355 g/mol. The number of nitrogens with one attached hydrogen (secondary N) is 1. The van der Waals surface area contributed by atoms with Crippen molar-refractivity contribution in [3.05, 3.63) is 76.6 Å². The molecule has 0 saturated heterocycles. The van der Waals surface area contributed by atoms with Gasteiger partial charge in [-0.25, -0.2) is 0 Å². The maximum absolute atomic E-state index is 6.94. The van der Waals surface area contributed by atoms with Crippen LogP contribution in [0.15, 0.2) is 49.6 Å². The van der Waals surface area contributed by atoms with Gasteiger partial charge in [-0.2, -0.15) is 6.42 Å². The summed E-state index contributed by atoms with van der Waals surface area (Å²) in [6, 6.07) is 0. The van der Waals surface area contributed by atoms with E-state index in [-0.39, 0.29) is 53.1 Å². The molecule has 0 aliphatic heterocycles. The molecule has 2 atom stereocenters. The van der Waals surface area contributed by atoms with Crippen LogP contribution in [0.5, 0.6) is 0 Å². The molecule has 0 heterocycles. The quantitative estimate of drug-likeness (QED) is 0.360. The van der Waals surface area contributed by atoms with Gasteiger partial charge in [0.25, 0.3) is 0 Å². The van der Waals surface area contributed by atoms with Gasteiger partial charge in [-0.3, -0.25) is 0 Å². The predicted molar refractivity (Wildman–Crippen MR) is 107 cm³/mol. The van der Waals surface area contributed by atoms with E-state index in [2.05, 4.69) is 43.9 Å². The maximum atomic E-state index is 6.94. The van der Waals surface area contributed by atoms with E-state index in [1.807, 2.05) is 20.8 Å². The molecule has 0 aromatic heterocycles. The van der Waals surface area contributed by atoms with Crippen LogP contribution < -0.4 is 0 Å². The molecule has 0 aromatic rings. The summed E-state index contributed by atoms with van der Waals surface area (Å²) >= 11 is 0. The van der Waals surface area contributed by atoms with E-state index in [0.717, 1.165) is 11.8 Å². The van der Waals surface area contributed by atoms with Crippen molar-refractivity contribution in [2.45, 2.75) is 39.2 Å². The van der Waals surface area contributed by atoms with Crippen LogP contribution >= 0.6 is 0 Å². The van der Waals surface area contributed by atoms with Crippen LogP contribution in [-0.2, 0) is 21.7 Å². The van der Waals surface area contributed by atoms with Crippen LogP contribution in [0.4, 0.5) is 0 Å². The second-order valence-electron chi connectivity index (χ2n) is 5.55. The zero-order chi connectivity index (χ0) is 14.0. The van der Waals surface area contributed by atoms with E-state index >= 15 is 0 Å². The molecule has 0 bridgehead atoms. The standard InChI is InChI=1S/C9H11.C4H10N.C4H6.2CH3.H4Si.Ti/c1-2-5-9-7-3-6-8(9)4-1;1-4(2,3)5;1-3-4-2;;;;/h1-2,4-6,8-9H,3,7H2;5H,1-3H3;3-4H,1-2H2;2*1H3;1H4;/q2*-1;;2*-1;;+4. The van der Waals surface area contributed by atoms with Gasteiger partial charge in [0.2, 0.25) is 0 Å². The van der Waals surface area contributed by atoms with Crippen molar-refractivity contribution >= 4 is 11.0 Å². The van der Waals surface area contributed by atoms with Crippen molar-refractivity contribution in [1.29, 1.82) is 0 Å². The fourth-order valence-corrected chi connectivity index (χ4v) is 1.69. The van der Waals surface area contributed by atoms with Gasteiger partial charge < -0.3 is 27.0 Å². The van der Waals surface area contributed by atoms with E-state index < -0.39 is 0 Å². The van der Waals surface area contributed by atoms with Gasteiger partial charge in [0.1, 0.15) is 0 Å². The van der Waals surface area contributed by atoms with Crippen molar-refractivity contribution in [2.75, 3.05) is 0 Å². The molecule has 22 heavy (non-hydrogen) atoms. The largest absolute Gasteiger partial charge is 4.00 e. The summed E-state index contributed by atoms with van der Waals surface area (Å²) in [6.45, 7) is 12.3. The molecule has 0 spiro atoms. The molecular weight excluding hydrogens is 318 g/mol. The van der Waals surface area contributed by atoms with Crippen LogP contribution in [0.2, 0.25) is 0 Å².